The lowest BCUT2D eigenvalue weighted by Gasteiger charge is -2.36. The molecule has 2 rings (SSSR count). The van der Waals surface area contributed by atoms with Crippen molar-refractivity contribution in [3.8, 4) is 11.8 Å². The predicted molar refractivity (Wildman–Crippen MR) is 54.2 cm³/mol. The van der Waals surface area contributed by atoms with Gasteiger partial charge in [-0.3, -0.25) is 0 Å². The van der Waals surface area contributed by atoms with Crippen LogP contribution >= 0.6 is 11.6 Å². The zero-order chi connectivity index (χ0) is 11.1. The molecule has 0 bridgehead atoms. The minimum Gasteiger partial charge on any atom is -0.508 e. The van der Waals surface area contributed by atoms with Crippen molar-refractivity contribution in [2.75, 3.05) is 0 Å². The molecular formula is C11H9ClFNO. The summed E-state index contributed by atoms with van der Waals surface area (Å²) >= 11 is 5.63. The van der Waals surface area contributed by atoms with Gasteiger partial charge in [0.05, 0.1) is 16.5 Å². The Balaban J connectivity index is 2.54. The van der Waals surface area contributed by atoms with Crippen LogP contribution in [0.15, 0.2) is 12.1 Å². The van der Waals surface area contributed by atoms with Gasteiger partial charge in [0.1, 0.15) is 11.6 Å². The number of nitriles is 1. The fourth-order valence-corrected chi connectivity index (χ4v) is 2.05. The van der Waals surface area contributed by atoms with E-state index in [4.69, 9.17) is 16.9 Å². The second-order valence-corrected chi connectivity index (χ2v) is 4.24. The van der Waals surface area contributed by atoms with Crippen LogP contribution in [-0.4, -0.2) is 5.11 Å². The summed E-state index contributed by atoms with van der Waals surface area (Å²) in [5.41, 5.74) is -0.218. The Morgan fingerprint density at radius 3 is 2.60 bits per heavy atom. The third kappa shape index (κ3) is 1.46. The number of aromatic hydroxyl groups is 1. The standard InChI is InChI=1S/C11H9ClFNO/c12-8-4-7(10(15)5-9(8)13)11(6-14)2-1-3-11/h4-5,15H,1-3H2. The average Bonchev–Trinajstić information content (AvgIpc) is 2.12. The third-order valence-electron chi connectivity index (χ3n) is 2.98. The van der Waals surface area contributed by atoms with Gasteiger partial charge in [-0.2, -0.15) is 5.26 Å². The molecule has 1 N–H and O–H groups in total. The van der Waals surface area contributed by atoms with Gasteiger partial charge in [0.25, 0.3) is 0 Å². The van der Waals surface area contributed by atoms with E-state index in [-0.39, 0.29) is 10.8 Å². The molecule has 0 aliphatic heterocycles. The van der Waals surface area contributed by atoms with Gasteiger partial charge in [0.2, 0.25) is 0 Å². The maximum atomic E-state index is 13.0. The van der Waals surface area contributed by atoms with Crippen LogP contribution in [0.1, 0.15) is 24.8 Å². The lowest BCUT2D eigenvalue weighted by Crippen LogP contribution is -2.32. The lowest BCUT2D eigenvalue weighted by molar-refractivity contribution is 0.311. The van der Waals surface area contributed by atoms with Gasteiger partial charge < -0.3 is 5.11 Å². The first kappa shape index (κ1) is 10.3. The van der Waals surface area contributed by atoms with E-state index in [0.717, 1.165) is 12.5 Å². The third-order valence-corrected chi connectivity index (χ3v) is 3.26. The minimum absolute atomic E-state index is 0.0516. The molecule has 1 fully saturated rings. The number of halogens is 2. The quantitative estimate of drug-likeness (QED) is 0.798. The van der Waals surface area contributed by atoms with E-state index in [0.29, 0.717) is 18.4 Å². The molecule has 1 aliphatic rings. The molecule has 1 aliphatic carbocycles. The van der Waals surface area contributed by atoms with Crippen LogP contribution in [0.2, 0.25) is 5.02 Å². The number of phenolic OH excluding ortho intramolecular Hbond substituents is 1. The van der Waals surface area contributed by atoms with Crippen LogP contribution < -0.4 is 0 Å². The highest BCUT2D eigenvalue weighted by Crippen LogP contribution is 2.47. The second-order valence-electron chi connectivity index (χ2n) is 3.83. The average molecular weight is 226 g/mol. The van der Waals surface area contributed by atoms with Crippen molar-refractivity contribution in [2.24, 2.45) is 0 Å². The molecule has 0 aromatic heterocycles. The molecule has 2 nitrogen and oxygen atoms in total. The minimum atomic E-state index is -0.665. The van der Waals surface area contributed by atoms with E-state index >= 15 is 0 Å². The molecule has 15 heavy (non-hydrogen) atoms. The Kier molecular flexibility index (Phi) is 2.32. The van der Waals surface area contributed by atoms with Crippen LogP contribution in [-0.2, 0) is 5.41 Å². The number of phenols is 1. The Hall–Kier alpha value is -1.27. The summed E-state index contributed by atoms with van der Waals surface area (Å²) in [7, 11) is 0. The van der Waals surface area contributed by atoms with Crippen molar-refractivity contribution in [1.29, 1.82) is 5.26 Å². The normalized spacial score (nSPS) is 17.9. The van der Waals surface area contributed by atoms with Gasteiger partial charge >= 0.3 is 0 Å². The van der Waals surface area contributed by atoms with Crippen molar-refractivity contribution in [3.63, 3.8) is 0 Å². The first-order valence-electron chi connectivity index (χ1n) is 4.69. The highest BCUT2D eigenvalue weighted by molar-refractivity contribution is 6.30. The number of rotatable bonds is 1. The van der Waals surface area contributed by atoms with Crippen molar-refractivity contribution in [1.82, 2.24) is 0 Å². The molecule has 0 spiro atoms. The fraction of sp³-hybridized carbons (Fsp3) is 0.364. The second kappa shape index (κ2) is 3.39. The Labute approximate surface area is 91.9 Å². The number of nitrogens with zero attached hydrogens (tertiary/aromatic N) is 1. The maximum Gasteiger partial charge on any atom is 0.145 e. The zero-order valence-corrected chi connectivity index (χ0v) is 8.68. The zero-order valence-electron chi connectivity index (χ0n) is 7.93. The molecule has 0 heterocycles. The van der Waals surface area contributed by atoms with Crippen molar-refractivity contribution < 1.29 is 9.50 Å². The maximum absolute atomic E-state index is 13.0. The van der Waals surface area contributed by atoms with E-state index < -0.39 is 11.2 Å². The summed E-state index contributed by atoms with van der Waals surface area (Å²) in [6.07, 6.45) is 2.33. The van der Waals surface area contributed by atoms with E-state index in [1.807, 2.05) is 0 Å². The molecule has 0 saturated heterocycles. The van der Waals surface area contributed by atoms with Gasteiger partial charge in [-0.15, -0.1) is 0 Å². The lowest BCUT2D eigenvalue weighted by atomic mass is 9.65. The molecule has 1 aromatic carbocycles. The summed E-state index contributed by atoms with van der Waals surface area (Å²) in [6.45, 7) is 0. The first-order valence-corrected chi connectivity index (χ1v) is 5.06. The van der Waals surface area contributed by atoms with E-state index in [1.165, 1.54) is 6.07 Å². The summed E-state index contributed by atoms with van der Waals surface area (Å²) in [5, 5.41) is 18.6. The number of benzene rings is 1. The largest absolute Gasteiger partial charge is 0.508 e. The SMILES string of the molecule is N#CC1(c2cc(Cl)c(F)cc2O)CCC1. The van der Waals surface area contributed by atoms with Gasteiger partial charge in [-0.1, -0.05) is 11.6 Å². The predicted octanol–water partition coefficient (Wildman–Crippen LogP) is 3.13. The van der Waals surface area contributed by atoms with Crippen molar-refractivity contribution >= 4 is 11.6 Å². The van der Waals surface area contributed by atoms with Crippen LogP contribution in [0.5, 0.6) is 5.75 Å². The molecule has 4 heteroatoms. The van der Waals surface area contributed by atoms with E-state index in [9.17, 15) is 9.50 Å². The topological polar surface area (TPSA) is 44.0 Å². The van der Waals surface area contributed by atoms with Gasteiger partial charge in [-0.25, -0.2) is 4.39 Å². The molecule has 1 aromatic rings. The summed E-state index contributed by atoms with van der Waals surface area (Å²) in [6, 6.07) is 4.50. The van der Waals surface area contributed by atoms with Gasteiger partial charge in [-0.05, 0) is 25.3 Å². The summed E-state index contributed by atoms with van der Waals surface area (Å²) < 4.78 is 13.0. The molecule has 78 valence electrons. The Morgan fingerprint density at radius 2 is 2.13 bits per heavy atom. The summed E-state index contributed by atoms with van der Waals surface area (Å²) in [4.78, 5) is 0. The van der Waals surface area contributed by atoms with Crippen molar-refractivity contribution in [2.45, 2.75) is 24.7 Å². The summed E-state index contributed by atoms with van der Waals surface area (Å²) in [5.74, 6) is -0.844. The smallest absolute Gasteiger partial charge is 0.145 e. The van der Waals surface area contributed by atoms with E-state index in [2.05, 4.69) is 6.07 Å². The van der Waals surface area contributed by atoms with Crippen LogP contribution in [0.4, 0.5) is 4.39 Å². The van der Waals surface area contributed by atoms with E-state index in [1.54, 1.807) is 0 Å². The van der Waals surface area contributed by atoms with Gasteiger partial charge in [0.15, 0.2) is 0 Å². The molecule has 0 unspecified atom stereocenters. The molecular weight excluding hydrogens is 217 g/mol. The molecule has 1 saturated carbocycles. The first-order chi connectivity index (χ1) is 7.09. The number of hydrogen-bond donors (Lipinski definition) is 1. The van der Waals surface area contributed by atoms with Gasteiger partial charge in [0, 0.05) is 11.6 Å². The molecule has 0 amide bonds. The highest BCUT2D eigenvalue weighted by Gasteiger charge is 2.41. The number of hydrogen-bond acceptors (Lipinski definition) is 2. The van der Waals surface area contributed by atoms with Crippen LogP contribution in [0, 0.1) is 17.1 Å². The molecule has 0 atom stereocenters. The van der Waals surface area contributed by atoms with Crippen molar-refractivity contribution in [3.05, 3.63) is 28.5 Å². The van der Waals surface area contributed by atoms with Crippen LogP contribution in [0.25, 0.3) is 0 Å². The Morgan fingerprint density at radius 1 is 1.47 bits per heavy atom. The van der Waals surface area contributed by atoms with Crippen LogP contribution in [0.3, 0.4) is 0 Å². The Bertz CT molecular complexity index is 449. The molecule has 0 radical (unpaired) electrons. The fourth-order valence-electron chi connectivity index (χ4n) is 1.89. The highest BCUT2D eigenvalue weighted by atomic mass is 35.5. The monoisotopic (exact) mass is 225 g/mol.